The van der Waals surface area contributed by atoms with Crippen LogP contribution in [0.1, 0.15) is 37.7 Å². The van der Waals surface area contributed by atoms with Gasteiger partial charge < -0.3 is 4.74 Å². The Labute approximate surface area is 218 Å². The molecular formula is C28H27N3O6S. The van der Waals surface area contributed by atoms with Crippen LogP contribution in [0.5, 0.6) is 5.75 Å². The maximum absolute atomic E-state index is 13.8. The molecule has 0 aromatic heterocycles. The normalized spacial score (nSPS) is 15.9. The van der Waals surface area contributed by atoms with Gasteiger partial charge in [0.25, 0.3) is 10.1 Å². The summed E-state index contributed by atoms with van der Waals surface area (Å²) in [4.78, 5) is 31.7. The van der Waals surface area contributed by atoms with E-state index in [0.717, 1.165) is 43.7 Å². The highest BCUT2D eigenvalue weighted by Crippen LogP contribution is 2.25. The van der Waals surface area contributed by atoms with Crippen LogP contribution in [0.3, 0.4) is 0 Å². The monoisotopic (exact) mass is 533 g/mol. The van der Waals surface area contributed by atoms with Gasteiger partial charge in [-0.15, -0.1) is 0 Å². The number of methoxy groups -OCH3 is 1. The SMILES string of the molecule is COc1ccc(C)cc1N/N=c1\c(S(=O)(=O)O)cc(=NC2CCCCC2)c2c(=O)c3ccccc3c(=O)c1=2. The van der Waals surface area contributed by atoms with Crippen molar-refractivity contribution in [3.05, 3.63) is 95.7 Å². The Kier molecular flexibility index (Phi) is 6.85. The number of benzene rings is 2. The molecule has 10 heteroatoms. The Balaban J connectivity index is 1.98. The molecule has 0 amide bonds. The maximum Gasteiger partial charge on any atom is 0.296 e. The van der Waals surface area contributed by atoms with Gasteiger partial charge in [0.2, 0.25) is 0 Å². The third-order valence-electron chi connectivity index (χ3n) is 6.93. The average molecular weight is 534 g/mol. The smallest absolute Gasteiger partial charge is 0.296 e. The summed E-state index contributed by atoms with van der Waals surface area (Å²) in [5.74, 6) is 0.429. The number of fused-ring (bicyclic) bond motifs is 1. The summed E-state index contributed by atoms with van der Waals surface area (Å²) in [5, 5.41) is 4.10. The third kappa shape index (κ3) is 4.72. The van der Waals surface area contributed by atoms with E-state index in [0.29, 0.717) is 11.4 Å². The molecule has 0 spiro atoms. The summed E-state index contributed by atoms with van der Waals surface area (Å²) in [6.07, 6.45) is 4.59. The second kappa shape index (κ2) is 10.1. The van der Waals surface area contributed by atoms with Crippen molar-refractivity contribution in [1.82, 2.24) is 0 Å². The molecule has 2 aromatic carbocycles. The van der Waals surface area contributed by atoms with Crippen LogP contribution in [0.4, 0.5) is 5.69 Å². The van der Waals surface area contributed by atoms with Crippen LogP contribution in [0, 0.1) is 17.4 Å². The van der Waals surface area contributed by atoms with E-state index in [1.165, 1.54) is 13.2 Å². The molecule has 0 saturated heterocycles. The Bertz CT molecular complexity index is 1960. The van der Waals surface area contributed by atoms with Gasteiger partial charge >= 0.3 is 0 Å². The minimum absolute atomic E-state index is 0.0107. The Morgan fingerprint density at radius 2 is 1.61 bits per heavy atom. The zero-order chi connectivity index (χ0) is 27.0. The number of nitrogens with one attached hydrogen (secondary N) is 1. The molecular weight excluding hydrogens is 506 g/mol. The Morgan fingerprint density at radius 1 is 0.947 bits per heavy atom. The predicted molar refractivity (Wildman–Crippen MR) is 143 cm³/mol. The fourth-order valence-electron chi connectivity index (χ4n) is 5.08. The number of rotatable bonds is 5. The van der Waals surface area contributed by atoms with Crippen molar-refractivity contribution < 1.29 is 17.7 Å². The van der Waals surface area contributed by atoms with E-state index >= 15 is 0 Å². The lowest BCUT2D eigenvalue weighted by molar-refractivity contribution is 0.416. The van der Waals surface area contributed by atoms with E-state index in [1.807, 2.05) is 13.0 Å². The van der Waals surface area contributed by atoms with E-state index < -0.39 is 25.9 Å². The van der Waals surface area contributed by atoms with Gasteiger partial charge in [-0.3, -0.25) is 24.6 Å². The first-order valence-corrected chi connectivity index (χ1v) is 13.8. The van der Waals surface area contributed by atoms with E-state index in [4.69, 9.17) is 9.73 Å². The number of hydrogen-bond acceptors (Lipinski definition) is 8. The molecule has 9 nitrogen and oxygen atoms in total. The largest absolute Gasteiger partial charge is 0.495 e. The van der Waals surface area contributed by atoms with Crippen molar-refractivity contribution in [3.8, 4) is 5.75 Å². The van der Waals surface area contributed by atoms with Gasteiger partial charge in [0.1, 0.15) is 16.0 Å². The van der Waals surface area contributed by atoms with Crippen molar-refractivity contribution in [3.63, 3.8) is 0 Å². The summed E-state index contributed by atoms with van der Waals surface area (Å²) in [7, 11) is -3.39. The van der Waals surface area contributed by atoms with Gasteiger partial charge in [0.05, 0.1) is 34.6 Å². The van der Waals surface area contributed by atoms with Gasteiger partial charge in [-0.1, -0.05) is 49.6 Å². The minimum atomic E-state index is -4.87. The molecule has 0 aliphatic heterocycles. The van der Waals surface area contributed by atoms with Crippen LogP contribution in [0.15, 0.2) is 73.1 Å². The molecule has 196 valence electrons. The molecule has 0 bridgehead atoms. The van der Waals surface area contributed by atoms with Crippen LogP contribution in [-0.2, 0) is 10.1 Å². The fourth-order valence-corrected chi connectivity index (χ4v) is 5.73. The predicted octanol–water partition coefficient (Wildman–Crippen LogP) is 2.89. The highest BCUT2D eigenvalue weighted by Gasteiger charge is 2.21. The van der Waals surface area contributed by atoms with Gasteiger partial charge in [-0.05, 0) is 43.5 Å². The maximum atomic E-state index is 13.8. The van der Waals surface area contributed by atoms with E-state index in [2.05, 4.69) is 10.5 Å². The first-order valence-electron chi connectivity index (χ1n) is 12.4. The highest BCUT2D eigenvalue weighted by atomic mass is 32.2. The molecule has 38 heavy (non-hydrogen) atoms. The number of anilines is 1. The second-order valence-corrected chi connectivity index (χ2v) is 10.9. The zero-order valence-corrected chi connectivity index (χ0v) is 21.8. The van der Waals surface area contributed by atoms with Crippen LogP contribution in [0.2, 0.25) is 0 Å². The molecule has 1 fully saturated rings. The third-order valence-corrected chi connectivity index (χ3v) is 7.80. The topological polar surface area (TPSA) is 134 Å². The summed E-state index contributed by atoms with van der Waals surface area (Å²) in [6.45, 7) is 1.86. The average Bonchev–Trinajstić information content (AvgIpc) is 2.90. The van der Waals surface area contributed by atoms with Gasteiger partial charge in [0, 0.05) is 10.8 Å². The molecule has 0 heterocycles. The highest BCUT2D eigenvalue weighted by molar-refractivity contribution is 7.85. The molecule has 0 unspecified atom stereocenters. The fraction of sp³-hybridized carbons (Fsp3) is 0.286. The van der Waals surface area contributed by atoms with Crippen LogP contribution in [-0.4, -0.2) is 26.1 Å². The first kappa shape index (κ1) is 25.7. The van der Waals surface area contributed by atoms with Gasteiger partial charge in [-0.2, -0.15) is 13.5 Å². The summed E-state index contributed by atoms with van der Waals surface area (Å²) < 4.78 is 40.8. The van der Waals surface area contributed by atoms with Crippen LogP contribution in [0.25, 0.3) is 10.8 Å². The number of aryl methyl sites for hydroxylation is 1. The minimum Gasteiger partial charge on any atom is -0.495 e. The lowest BCUT2D eigenvalue weighted by Crippen LogP contribution is -2.34. The van der Waals surface area contributed by atoms with Crippen LogP contribution >= 0.6 is 0 Å². The van der Waals surface area contributed by atoms with Crippen molar-refractivity contribution in [2.45, 2.75) is 50.0 Å². The first-order chi connectivity index (χ1) is 18.2. The van der Waals surface area contributed by atoms with Crippen molar-refractivity contribution in [1.29, 1.82) is 0 Å². The van der Waals surface area contributed by atoms with Crippen molar-refractivity contribution in [2.24, 2.45) is 10.1 Å². The summed E-state index contributed by atoms with van der Waals surface area (Å²) in [5.41, 5.74) is 3.04. The summed E-state index contributed by atoms with van der Waals surface area (Å²) >= 11 is 0. The Hall–Kier alpha value is -3.89. The number of ether oxygens (including phenoxy) is 1. The molecule has 0 radical (unpaired) electrons. The van der Waals surface area contributed by atoms with E-state index in [1.54, 1.807) is 30.3 Å². The lowest BCUT2D eigenvalue weighted by atomic mass is 9.96. The molecule has 5 rings (SSSR count). The standard InChI is InChI=1S/C28H27N3O6S/c1-16-12-13-22(37-2)20(14-16)30-31-26-23(38(34,35)36)15-21(29-17-8-4-3-5-9-17)24-25(26)28(33)19-11-7-6-10-18(19)27(24)32/h6-7,10-15,17,30H,3-5,8-9H2,1-2H3,(H,34,35,36)/b29-21?,31-26+. The van der Waals surface area contributed by atoms with Gasteiger partial charge in [0.15, 0.2) is 10.9 Å². The second-order valence-electron chi connectivity index (χ2n) is 9.52. The van der Waals surface area contributed by atoms with Crippen molar-refractivity contribution >= 4 is 26.6 Å². The molecule has 0 atom stereocenters. The van der Waals surface area contributed by atoms with E-state index in [9.17, 15) is 22.6 Å². The van der Waals surface area contributed by atoms with Crippen molar-refractivity contribution in [2.75, 3.05) is 12.5 Å². The Morgan fingerprint density at radius 3 is 2.24 bits per heavy atom. The molecule has 3 aliphatic carbocycles. The van der Waals surface area contributed by atoms with Crippen LogP contribution < -0.4 is 31.7 Å². The number of hydrogen-bond donors (Lipinski definition) is 2. The number of nitrogens with zero attached hydrogens (tertiary/aromatic N) is 2. The van der Waals surface area contributed by atoms with Gasteiger partial charge in [-0.25, -0.2) is 0 Å². The summed E-state index contributed by atoms with van der Waals surface area (Å²) in [6, 6.07) is 12.7. The molecule has 1 saturated carbocycles. The molecule has 2 aromatic rings. The molecule has 3 aliphatic rings. The zero-order valence-electron chi connectivity index (χ0n) is 21.0. The quantitative estimate of drug-likeness (QED) is 0.298. The molecule has 2 N–H and O–H groups in total. The van der Waals surface area contributed by atoms with E-state index in [-0.39, 0.29) is 38.0 Å². The lowest BCUT2D eigenvalue weighted by Gasteiger charge is -2.17.